The predicted octanol–water partition coefficient (Wildman–Crippen LogP) is 2.62. The third kappa shape index (κ3) is 3.99. The molecule has 0 heterocycles. The van der Waals surface area contributed by atoms with Crippen LogP contribution in [0.1, 0.15) is 13.3 Å². The molecule has 8 heteroatoms. The van der Waals surface area contributed by atoms with Gasteiger partial charge in [-0.05, 0) is 19.1 Å². The predicted molar refractivity (Wildman–Crippen MR) is 75.5 cm³/mol. The zero-order chi connectivity index (χ0) is 14.6. The first-order chi connectivity index (χ1) is 8.79. The molecule has 0 spiro atoms. The molecule has 0 aliphatic carbocycles. The van der Waals surface area contributed by atoms with E-state index in [-0.39, 0.29) is 34.5 Å². The molecule has 5 nitrogen and oxygen atoms in total. The highest BCUT2D eigenvalue weighted by molar-refractivity contribution is 7.92. The summed E-state index contributed by atoms with van der Waals surface area (Å²) in [6, 6.07) is 4.59. The zero-order valence-corrected chi connectivity index (χ0v) is 12.5. The first-order valence-electron chi connectivity index (χ1n) is 5.45. The average Bonchev–Trinajstić information content (AvgIpc) is 2.32. The standard InChI is InChI=1S/C11H13Cl2NO4S/c1-2-19(17,18)14(7-6-10(15)16)11-8(12)4-3-5-9(11)13/h3-5H,2,6-7H2,1H3,(H,15,16). The number of nitrogens with zero attached hydrogens (tertiary/aromatic N) is 1. The van der Waals surface area contributed by atoms with E-state index < -0.39 is 16.0 Å². The number of halogens is 2. The van der Waals surface area contributed by atoms with Crippen LogP contribution in [0.5, 0.6) is 0 Å². The SMILES string of the molecule is CCS(=O)(=O)N(CCC(=O)O)c1c(Cl)cccc1Cl. The van der Waals surface area contributed by atoms with E-state index >= 15 is 0 Å². The monoisotopic (exact) mass is 325 g/mol. The minimum atomic E-state index is -3.65. The summed E-state index contributed by atoms with van der Waals surface area (Å²) in [5, 5.41) is 9.02. The number of para-hydroxylation sites is 1. The summed E-state index contributed by atoms with van der Waals surface area (Å²) in [6.07, 6.45) is -0.333. The van der Waals surface area contributed by atoms with Crippen molar-refractivity contribution < 1.29 is 18.3 Å². The Labute approximate surface area is 121 Å². The highest BCUT2D eigenvalue weighted by Gasteiger charge is 2.25. The fraction of sp³-hybridized carbons (Fsp3) is 0.364. The van der Waals surface area contributed by atoms with Gasteiger partial charge in [0.2, 0.25) is 10.0 Å². The Kier molecular flexibility index (Phi) is 5.46. The summed E-state index contributed by atoms with van der Waals surface area (Å²) in [7, 11) is -3.65. The maximum absolute atomic E-state index is 12.0. The van der Waals surface area contributed by atoms with Gasteiger partial charge in [0, 0.05) is 6.54 Å². The van der Waals surface area contributed by atoms with Gasteiger partial charge in [0.05, 0.1) is 27.9 Å². The Morgan fingerprint density at radius 3 is 2.26 bits per heavy atom. The highest BCUT2D eigenvalue weighted by atomic mass is 35.5. The van der Waals surface area contributed by atoms with Gasteiger partial charge in [0.25, 0.3) is 0 Å². The summed E-state index contributed by atoms with van der Waals surface area (Å²) >= 11 is 11.9. The van der Waals surface area contributed by atoms with Crippen LogP contribution >= 0.6 is 23.2 Å². The van der Waals surface area contributed by atoms with Crippen molar-refractivity contribution in [1.29, 1.82) is 0 Å². The van der Waals surface area contributed by atoms with Crippen LogP contribution in [0.2, 0.25) is 10.0 Å². The van der Waals surface area contributed by atoms with E-state index in [1.807, 2.05) is 0 Å². The molecule has 0 amide bonds. The largest absolute Gasteiger partial charge is 0.481 e. The summed E-state index contributed by atoms with van der Waals surface area (Å²) in [5.74, 6) is -1.27. The normalized spacial score (nSPS) is 11.3. The number of rotatable bonds is 6. The van der Waals surface area contributed by atoms with E-state index in [0.29, 0.717) is 0 Å². The molecule has 106 valence electrons. The van der Waals surface area contributed by atoms with Gasteiger partial charge >= 0.3 is 5.97 Å². The van der Waals surface area contributed by atoms with Crippen LogP contribution in [0.15, 0.2) is 18.2 Å². The number of carbonyl (C=O) groups is 1. The Hall–Kier alpha value is -0.980. The molecule has 0 saturated heterocycles. The average molecular weight is 326 g/mol. The number of aliphatic carboxylic acids is 1. The van der Waals surface area contributed by atoms with Crippen molar-refractivity contribution in [2.45, 2.75) is 13.3 Å². The molecule has 0 aliphatic heterocycles. The van der Waals surface area contributed by atoms with E-state index in [4.69, 9.17) is 28.3 Å². The molecular formula is C11H13Cl2NO4S. The van der Waals surface area contributed by atoms with Gasteiger partial charge in [-0.2, -0.15) is 0 Å². The van der Waals surface area contributed by atoms with Gasteiger partial charge in [-0.15, -0.1) is 0 Å². The van der Waals surface area contributed by atoms with Gasteiger partial charge in [-0.25, -0.2) is 8.42 Å². The van der Waals surface area contributed by atoms with Crippen LogP contribution in [0.4, 0.5) is 5.69 Å². The van der Waals surface area contributed by atoms with Crippen molar-refractivity contribution in [3.05, 3.63) is 28.2 Å². The minimum absolute atomic E-state index is 0.119. The van der Waals surface area contributed by atoms with Crippen LogP contribution in [-0.2, 0) is 14.8 Å². The molecule has 0 unspecified atom stereocenters. The van der Waals surface area contributed by atoms with Gasteiger partial charge in [0.15, 0.2) is 0 Å². The second-order valence-electron chi connectivity index (χ2n) is 3.69. The van der Waals surface area contributed by atoms with Crippen molar-refractivity contribution >= 4 is 44.9 Å². The molecular weight excluding hydrogens is 313 g/mol. The van der Waals surface area contributed by atoms with Crippen LogP contribution in [0.3, 0.4) is 0 Å². The smallest absolute Gasteiger partial charge is 0.305 e. The number of benzene rings is 1. The summed E-state index contributed by atoms with van der Waals surface area (Å²) in [6.45, 7) is 1.25. The number of hydrogen-bond acceptors (Lipinski definition) is 3. The van der Waals surface area contributed by atoms with Crippen molar-refractivity contribution in [3.63, 3.8) is 0 Å². The van der Waals surface area contributed by atoms with Crippen molar-refractivity contribution in [2.75, 3.05) is 16.6 Å². The Morgan fingerprint density at radius 2 is 1.84 bits per heavy atom. The number of carboxylic acid groups (broad SMARTS) is 1. The lowest BCUT2D eigenvalue weighted by atomic mass is 10.3. The van der Waals surface area contributed by atoms with E-state index in [9.17, 15) is 13.2 Å². The number of anilines is 1. The van der Waals surface area contributed by atoms with Gasteiger partial charge in [0.1, 0.15) is 0 Å². The maximum atomic E-state index is 12.0. The van der Waals surface area contributed by atoms with Gasteiger partial charge < -0.3 is 5.11 Å². The van der Waals surface area contributed by atoms with Crippen LogP contribution in [-0.4, -0.2) is 31.8 Å². The Bertz CT molecular complexity index is 554. The third-order valence-corrected chi connectivity index (χ3v) is 4.79. The Balaban J connectivity index is 3.27. The lowest BCUT2D eigenvalue weighted by Gasteiger charge is -2.25. The molecule has 0 radical (unpaired) electrons. The summed E-state index contributed by atoms with van der Waals surface area (Å²) in [4.78, 5) is 10.6. The number of carboxylic acids is 1. The van der Waals surface area contributed by atoms with Gasteiger partial charge in [-0.3, -0.25) is 9.10 Å². The lowest BCUT2D eigenvalue weighted by molar-refractivity contribution is -0.136. The fourth-order valence-corrected chi connectivity index (χ4v) is 3.33. The summed E-state index contributed by atoms with van der Waals surface area (Å²) < 4.78 is 25.0. The number of hydrogen-bond donors (Lipinski definition) is 1. The topological polar surface area (TPSA) is 74.7 Å². The second kappa shape index (κ2) is 6.45. The Morgan fingerprint density at radius 1 is 1.32 bits per heavy atom. The minimum Gasteiger partial charge on any atom is -0.481 e. The zero-order valence-electron chi connectivity index (χ0n) is 10.1. The van der Waals surface area contributed by atoms with Crippen LogP contribution < -0.4 is 4.31 Å². The third-order valence-electron chi connectivity index (χ3n) is 2.42. The second-order valence-corrected chi connectivity index (χ2v) is 6.68. The van der Waals surface area contributed by atoms with Crippen molar-refractivity contribution in [3.8, 4) is 0 Å². The van der Waals surface area contributed by atoms with E-state index in [2.05, 4.69) is 0 Å². The van der Waals surface area contributed by atoms with E-state index in [0.717, 1.165) is 4.31 Å². The lowest BCUT2D eigenvalue weighted by Crippen LogP contribution is -2.34. The molecule has 0 saturated carbocycles. The van der Waals surface area contributed by atoms with Crippen molar-refractivity contribution in [2.24, 2.45) is 0 Å². The van der Waals surface area contributed by atoms with Crippen LogP contribution in [0.25, 0.3) is 0 Å². The molecule has 1 aromatic carbocycles. The molecule has 0 atom stereocenters. The van der Waals surface area contributed by atoms with E-state index in [1.165, 1.54) is 19.1 Å². The molecule has 0 bridgehead atoms. The molecule has 1 N–H and O–H groups in total. The highest BCUT2D eigenvalue weighted by Crippen LogP contribution is 2.35. The fourth-order valence-electron chi connectivity index (χ4n) is 1.47. The van der Waals surface area contributed by atoms with E-state index in [1.54, 1.807) is 6.07 Å². The quantitative estimate of drug-likeness (QED) is 0.872. The molecule has 1 rings (SSSR count). The van der Waals surface area contributed by atoms with Crippen LogP contribution in [0, 0.1) is 0 Å². The van der Waals surface area contributed by atoms with Gasteiger partial charge in [-0.1, -0.05) is 29.3 Å². The molecule has 1 aromatic rings. The molecule has 0 aromatic heterocycles. The van der Waals surface area contributed by atoms with Crippen molar-refractivity contribution in [1.82, 2.24) is 0 Å². The molecule has 19 heavy (non-hydrogen) atoms. The number of sulfonamides is 1. The maximum Gasteiger partial charge on any atom is 0.305 e. The first-order valence-corrected chi connectivity index (χ1v) is 7.82. The first kappa shape index (κ1) is 16.1. The molecule has 0 fully saturated rings. The molecule has 0 aliphatic rings. The summed E-state index contributed by atoms with van der Waals surface area (Å²) in [5.41, 5.74) is 0.119.